The van der Waals surface area contributed by atoms with Crippen molar-refractivity contribution in [3.63, 3.8) is 0 Å². The Balaban J connectivity index is 1.73. The molecule has 2 aromatic heterocycles. The number of hydrogen-bond donors (Lipinski definition) is 2. The van der Waals surface area contributed by atoms with Crippen molar-refractivity contribution in [2.75, 3.05) is 5.32 Å². The van der Waals surface area contributed by atoms with Crippen LogP contribution in [0.15, 0.2) is 72.9 Å². The fraction of sp³-hybridized carbons (Fsp3) is 0.0435. The second kappa shape index (κ2) is 8.41. The van der Waals surface area contributed by atoms with Gasteiger partial charge in [-0.1, -0.05) is 35.9 Å². The molecule has 4 aromatic rings. The first kappa shape index (κ1) is 20.3. The largest absolute Gasteiger partial charge is 0.364 e. The monoisotopic (exact) mass is 431 g/mol. The molecule has 0 unspecified atom stereocenters. The van der Waals surface area contributed by atoms with E-state index in [1.807, 2.05) is 43.3 Å². The lowest BCUT2D eigenvalue weighted by Gasteiger charge is -2.12. The average molecular weight is 432 g/mol. The van der Waals surface area contributed by atoms with Crippen LogP contribution in [0.3, 0.4) is 0 Å². The van der Waals surface area contributed by atoms with Crippen LogP contribution in [-0.4, -0.2) is 26.6 Å². The van der Waals surface area contributed by atoms with Crippen molar-refractivity contribution in [3.05, 3.63) is 94.8 Å². The highest BCUT2D eigenvalue weighted by Gasteiger charge is 2.19. The zero-order valence-corrected chi connectivity index (χ0v) is 17.3. The van der Waals surface area contributed by atoms with Gasteiger partial charge in [-0.25, -0.2) is 4.68 Å². The van der Waals surface area contributed by atoms with E-state index in [1.165, 1.54) is 10.7 Å². The molecule has 3 N–H and O–H groups in total. The van der Waals surface area contributed by atoms with Crippen molar-refractivity contribution >= 4 is 29.2 Å². The summed E-state index contributed by atoms with van der Waals surface area (Å²) in [5.74, 6) is -0.854. The number of primary amides is 1. The molecule has 0 saturated heterocycles. The third-order valence-corrected chi connectivity index (χ3v) is 5.02. The summed E-state index contributed by atoms with van der Waals surface area (Å²) in [5, 5.41) is 7.30. The van der Waals surface area contributed by atoms with Gasteiger partial charge in [0.05, 0.1) is 22.0 Å². The molecule has 2 amide bonds. The molecule has 7 nitrogen and oxygen atoms in total. The second-order valence-electron chi connectivity index (χ2n) is 6.84. The quantitative estimate of drug-likeness (QED) is 0.493. The minimum atomic E-state index is -0.698. The first-order valence-electron chi connectivity index (χ1n) is 9.42. The highest BCUT2D eigenvalue weighted by molar-refractivity contribution is 6.34. The summed E-state index contributed by atoms with van der Waals surface area (Å²) < 4.78 is 1.44. The number of halogens is 1. The van der Waals surface area contributed by atoms with Crippen molar-refractivity contribution in [1.29, 1.82) is 0 Å². The minimum Gasteiger partial charge on any atom is -0.364 e. The van der Waals surface area contributed by atoms with Crippen LogP contribution in [0.1, 0.15) is 26.4 Å². The van der Waals surface area contributed by atoms with Crippen LogP contribution < -0.4 is 11.1 Å². The third-order valence-electron chi connectivity index (χ3n) is 4.70. The van der Waals surface area contributed by atoms with Crippen molar-refractivity contribution in [2.24, 2.45) is 5.73 Å². The van der Waals surface area contributed by atoms with Gasteiger partial charge >= 0.3 is 0 Å². The van der Waals surface area contributed by atoms with Crippen molar-refractivity contribution < 1.29 is 9.59 Å². The topological polar surface area (TPSA) is 103 Å². The van der Waals surface area contributed by atoms with Gasteiger partial charge in [-0.15, -0.1) is 0 Å². The van der Waals surface area contributed by atoms with Gasteiger partial charge in [0.15, 0.2) is 5.69 Å². The highest BCUT2D eigenvalue weighted by atomic mass is 35.5. The molecule has 4 rings (SSSR count). The zero-order chi connectivity index (χ0) is 22.0. The summed E-state index contributed by atoms with van der Waals surface area (Å²) >= 11 is 6.38. The van der Waals surface area contributed by atoms with Gasteiger partial charge < -0.3 is 11.1 Å². The van der Waals surface area contributed by atoms with E-state index in [0.717, 1.165) is 16.8 Å². The molecule has 31 heavy (non-hydrogen) atoms. The van der Waals surface area contributed by atoms with E-state index in [4.69, 9.17) is 17.3 Å². The van der Waals surface area contributed by atoms with Gasteiger partial charge in [-0.2, -0.15) is 5.10 Å². The Bertz CT molecular complexity index is 1270. The number of anilines is 1. The average Bonchev–Trinajstić information content (AvgIpc) is 3.19. The maximum atomic E-state index is 13.1. The van der Waals surface area contributed by atoms with Crippen LogP contribution in [0, 0.1) is 6.92 Å². The van der Waals surface area contributed by atoms with Crippen LogP contribution in [0.25, 0.3) is 16.9 Å². The van der Waals surface area contributed by atoms with Gasteiger partial charge in [0, 0.05) is 17.8 Å². The molecule has 154 valence electrons. The number of amides is 2. The molecule has 0 fully saturated rings. The molecule has 0 aliphatic rings. The van der Waals surface area contributed by atoms with Gasteiger partial charge in [-0.05, 0) is 48.9 Å². The summed E-state index contributed by atoms with van der Waals surface area (Å²) in [6.45, 7) is 1.90. The van der Waals surface area contributed by atoms with Gasteiger partial charge in [0.2, 0.25) is 0 Å². The molecule has 2 aromatic carbocycles. The number of aryl methyl sites for hydroxylation is 1. The van der Waals surface area contributed by atoms with E-state index < -0.39 is 11.8 Å². The smallest absolute Gasteiger partial charge is 0.269 e. The van der Waals surface area contributed by atoms with Crippen molar-refractivity contribution in [1.82, 2.24) is 14.8 Å². The number of nitrogens with zero attached hydrogens (tertiary/aromatic N) is 3. The predicted molar refractivity (Wildman–Crippen MR) is 119 cm³/mol. The Morgan fingerprint density at radius 1 is 1.03 bits per heavy atom. The fourth-order valence-electron chi connectivity index (χ4n) is 3.18. The number of nitrogens with one attached hydrogen (secondary N) is 1. The van der Waals surface area contributed by atoms with Crippen LogP contribution in [0.5, 0.6) is 0 Å². The number of carbonyl (C=O) groups excluding carboxylic acids is 2. The maximum Gasteiger partial charge on any atom is 0.269 e. The highest BCUT2D eigenvalue weighted by Crippen LogP contribution is 2.29. The second-order valence-corrected chi connectivity index (χ2v) is 7.25. The normalized spacial score (nSPS) is 10.6. The standard InChI is InChI=1S/C23H18ClN5O2/c1-14-11-18(24)17(12-16(14)19-9-5-6-10-26-19)23(31)27-21-13-20(22(25)30)28-29(21)15-7-3-2-4-8-15/h2-13H,1H3,(H2,25,30)(H,27,31). The summed E-state index contributed by atoms with van der Waals surface area (Å²) in [4.78, 5) is 29.1. The van der Waals surface area contributed by atoms with Crippen molar-refractivity contribution in [3.8, 4) is 16.9 Å². The summed E-state index contributed by atoms with van der Waals surface area (Å²) in [6.07, 6.45) is 1.69. The lowest BCUT2D eigenvalue weighted by atomic mass is 10.0. The summed E-state index contributed by atoms with van der Waals surface area (Å²) in [6, 6.07) is 19.5. The van der Waals surface area contributed by atoms with Gasteiger partial charge in [0.25, 0.3) is 11.8 Å². The molecule has 0 aliphatic carbocycles. The molecule has 0 spiro atoms. The van der Waals surface area contributed by atoms with Crippen LogP contribution in [0.2, 0.25) is 5.02 Å². The molecular formula is C23H18ClN5O2. The number of carbonyl (C=O) groups is 2. The van der Waals surface area contributed by atoms with E-state index in [2.05, 4.69) is 15.4 Å². The number of hydrogen-bond acceptors (Lipinski definition) is 4. The lowest BCUT2D eigenvalue weighted by Crippen LogP contribution is -2.16. The van der Waals surface area contributed by atoms with E-state index in [-0.39, 0.29) is 11.3 Å². The molecule has 2 heterocycles. The fourth-order valence-corrected chi connectivity index (χ4v) is 3.49. The molecule has 0 atom stereocenters. The van der Waals surface area contributed by atoms with Crippen molar-refractivity contribution in [2.45, 2.75) is 6.92 Å². The van der Waals surface area contributed by atoms with Crippen LogP contribution in [-0.2, 0) is 0 Å². The Labute approximate surface area is 183 Å². The SMILES string of the molecule is Cc1cc(Cl)c(C(=O)Nc2cc(C(N)=O)nn2-c2ccccc2)cc1-c1ccccn1. The van der Waals surface area contributed by atoms with Gasteiger partial charge in [-0.3, -0.25) is 14.6 Å². The van der Waals surface area contributed by atoms with E-state index in [9.17, 15) is 9.59 Å². The molecule has 8 heteroatoms. The summed E-state index contributed by atoms with van der Waals surface area (Å²) in [7, 11) is 0. The first-order valence-corrected chi connectivity index (χ1v) is 9.80. The predicted octanol–water partition coefficient (Wildman–Crippen LogP) is 4.25. The molecular weight excluding hydrogens is 414 g/mol. The number of pyridine rings is 1. The summed E-state index contributed by atoms with van der Waals surface area (Å²) in [5.41, 5.74) is 8.77. The molecule has 0 bridgehead atoms. The Kier molecular flexibility index (Phi) is 5.51. The molecule has 0 radical (unpaired) electrons. The Morgan fingerprint density at radius 3 is 2.45 bits per heavy atom. The molecule has 0 saturated carbocycles. The lowest BCUT2D eigenvalue weighted by molar-refractivity contribution is 0.0992. The number of rotatable bonds is 5. The Hall–Kier alpha value is -3.97. The maximum absolute atomic E-state index is 13.1. The van der Waals surface area contributed by atoms with E-state index in [1.54, 1.807) is 30.5 Å². The van der Waals surface area contributed by atoms with E-state index >= 15 is 0 Å². The number of aromatic nitrogens is 3. The number of para-hydroxylation sites is 1. The number of benzene rings is 2. The van der Waals surface area contributed by atoms with E-state index in [0.29, 0.717) is 16.5 Å². The Morgan fingerprint density at radius 2 is 1.77 bits per heavy atom. The number of nitrogens with two attached hydrogens (primary N) is 1. The van der Waals surface area contributed by atoms with Crippen LogP contribution in [0.4, 0.5) is 5.82 Å². The zero-order valence-electron chi connectivity index (χ0n) is 16.5. The third kappa shape index (κ3) is 4.17. The minimum absolute atomic E-state index is 0.0309. The van der Waals surface area contributed by atoms with Gasteiger partial charge in [0.1, 0.15) is 5.82 Å². The van der Waals surface area contributed by atoms with Crippen LogP contribution >= 0.6 is 11.6 Å². The first-order chi connectivity index (χ1) is 14.9. The molecule has 0 aliphatic heterocycles.